The Kier molecular flexibility index (Phi) is 6.21. The second-order valence-corrected chi connectivity index (χ2v) is 10.7. The van der Waals surface area contributed by atoms with E-state index < -0.39 is 22.0 Å². The highest BCUT2D eigenvalue weighted by Gasteiger charge is 2.30. The Hall–Kier alpha value is -2.42. The molecule has 3 rings (SSSR count). The first-order valence-electron chi connectivity index (χ1n) is 9.32. The van der Waals surface area contributed by atoms with E-state index in [4.69, 9.17) is 5.11 Å². The van der Waals surface area contributed by atoms with Crippen molar-refractivity contribution < 1.29 is 23.1 Å². The van der Waals surface area contributed by atoms with Crippen LogP contribution in [0.3, 0.4) is 0 Å². The minimum absolute atomic E-state index is 0.0998. The molecule has 2 aromatic rings. The molecule has 0 fully saturated rings. The summed E-state index contributed by atoms with van der Waals surface area (Å²) in [6.45, 7) is 6.14. The number of fused-ring (bicyclic) bond motifs is 1. The number of carbonyl (C=O) groups excluding carboxylic acids is 1. The summed E-state index contributed by atoms with van der Waals surface area (Å²) in [6.07, 6.45) is 1.49. The molecule has 8 heteroatoms. The van der Waals surface area contributed by atoms with Gasteiger partial charge < -0.3 is 5.11 Å². The molecule has 0 aromatic heterocycles. The summed E-state index contributed by atoms with van der Waals surface area (Å²) in [5, 5.41) is 8.94. The smallest absolute Gasteiger partial charge is 0.313 e. The molecule has 1 atom stereocenters. The molecule has 0 amide bonds. The third kappa shape index (κ3) is 4.83. The fourth-order valence-corrected chi connectivity index (χ4v) is 5.06. The Bertz CT molecular complexity index is 1110. The molecule has 0 bridgehead atoms. The van der Waals surface area contributed by atoms with Crippen LogP contribution in [0.4, 0.5) is 0 Å². The molecule has 2 N–H and O–H groups in total. The average molecular weight is 446 g/mol. The molecule has 2 aromatic carbocycles. The molecule has 0 radical (unpaired) electrons. The largest absolute Gasteiger partial charge is 0.481 e. The van der Waals surface area contributed by atoms with Gasteiger partial charge >= 0.3 is 5.97 Å². The summed E-state index contributed by atoms with van der Waals surface area (Å²) in [7, 11) is -3.87. The average Bonchev–Trinajstić information content (AvgIpc) is 2.68. The Balaban J connectivity index is 1.94. The fraction of sp³-hybridized carbons (Fsp3) is 0.273. The Morgan fingerprint density at radius 1 is 1.10 bits per heavy atom. The van der Waals surface area contributed by atoms with Crippen LogP contribution < -0.4 is 4.72 Å². The zero-order valence-corrected chi connectivity index (χ0v) is 18.5. The Morgan fingerprint density at radius 2 is 1.73 bits per heavy atom. The Labute approximate surface area is 180 Å². The maximum Gasteiger partial charge on any atom is 0.313 e. The predicted molar refractivity (Wildman–Crippen MR) is 117 cm³/mol. The summed E-state index contributed by atoms with van der Waals surface area (Å²) in [6, 6.07) is 12.7. The molecule has 0 saturated carbocycles. The first-order chi connectivity index (χ1) is 14.0. The lowest BCUT2D eigenvalue weighted by Gasteiger charge is -2.24. The maximum atomic E-state index is 13.0. The van der Waals surface area contributed by atoms with E-state index in [2.05, 4.69) is 4.72 Å². The van der Waals surface area contributed by atoms with Gasteiger partial charge in [0.15, 0.2) is 5.78 Å². The van der Waals surface area contributed by atoms with E-state index in [1.807, 2.05) is 20.8 Å². The molecule has 1 aliphatic rings. The standard InChI is InChI=1S/C22H23NO5S2/c1-22(2,3)14-8-10-15(11-9-14)30(27,28)23-18-12-19(29-13-20(24)25)21(26)17-7-5-4-6-16(17)18/h4-12,18,23H,13H2,1-3H3,(H,24,25). The number of carboxylic acids is 1. The third-order valence-electron chi connectivity index (χ3n) is 4.75. The van der Waals surface area contributed by atoms with E-state index in [0.717, 1.165) is 17.3 Å². The molecule has 6 nitrogen and oxygen atoms in total. The van der Waals surface area contributed by atoms with Gasteiger partial charge in [-0.2, -0.15) is 4.72 Å². The van der Waals surface area contributed by atoms with Crippen LogP contribution >= 0.6 is 11.8 Å². The topological polar surface area (TPSA) is 101 Å². The van der Waals surface area contributed by atoms with Crippen LogP contribution in [-0.2, 0) is 20.2 Å². The van der Waals surface area contributed by atoms with Gasteiger partial charge in [0.25, 0.3) is 0 Å². The van der Waals surface area contributed by atoms with Gasteiger partial charge in [-0.05, 0) is 34.8 Å². The molecule has 30 heavy (non-hydrogen) atoms. The molecule has 1 aliphatic carbocycles. The molecule has 0 heterocycles. The SMILES string of the molecule is CC(C)(C)c1ccc(S(=O)(=O)NC2C=C(SCC(=O)O)C(=O)c3ccccc32)cc1. The summed E-state index contributed by atoms with van der Waals surface area (Å²) in [4.78, 5) is 23.9. The molecule has 0 aliphatic heterocycles. The van der Waals surface area contributed by atoms with Gasteiger partial charge in [-0.15, -0.1) is 11.8 Å². The molecule has 158 valence electrons. The lowest BCUT2D eigenvalue weighted by Crippen LogP contribution is -2.31. The molecular weight excluding hydrogens is 422 g/mol. The number of nitrogens with one attached hydrogen (secondary N) is 1. The number of allylic oxidation sites excluding steroid dienone is 1. The quantitative estimate of drug-likeness (QED) is 0.699. The number of aliphatic carboxylic acids is 1. The minimum Gasteiger partial charge on any atom is -0.481 e. The number of hydrogen-bond acceptors (Lipinski definition) is 5. The van der Waals surface area contributed by atoms with E-state index in [9.17, 15) is 18.0 Å². The van der Waals surface area contributed by atoms with Crippen LogP contribution in [0.1, 0.15) is 48.3 Å². The maximum absolute atomic E-state index is 13.0. The van der Waals surface area contributed by atoms with E-state index in [0.29, 0.717) is 11.1 Å². The van der Waals surface area contributed by atoms with Crippen molar-refractivity contribution in [2.24, 2.45) is 0 Å². The van der Waals surface area contributed by atoms with Gasteiger partial charge in [-0.3, -0.25) is 9.59 Å². The number of benzene rings is 2. The number of thioether (sulfide) groups is 1. The van der Waals surface area contributed by atoms with Crippen LogP contribution in [0, 0.1) is 0 Å². The monoisotopic (exact) mass is 445 g/mol. The van der Waals surface area contributed by atoms with Crippen LogP contribution in [0.2, 0.25) is 0 Å². The van der Waals surface area contributed by atoms with Gasteiger partial charge in [-0.25, -0.2) is 8.42 Å². The zero-order chi connectivity index (χ0) is 22.1. The fourth-order valence-electron chi connectivity index (χ4n) is 3.14. The number of rotatable bonds is 6. The number of ketones is 1. The number of carbonyl (C=O) groups is 2. The van der Waals surface area contributed by atoms with Crippen molar-refractivity contribution in [3.8, 4) is 0 Å². The van der Waals surface area contributed by atoms with Crippen molar-refractivity contribution in [3.05, 3.63) is 76.2 Å². The number of sulfonamides is 1. The lowest BCUT2D eigenvalue weighted by molar-refractivity contribution is -0.133. The van der Waals surface area contributed by atoms with Crippen molar-refractivity contribution in [2.45, 2.75) is 37.1 Å². The third-order valence-corrected chi connectivity index (χ3v) is 7.23. The highest BCUT2D eigenvalue weighted by atomic mass is 32.2. The van der Waals surface area contributed by atoms with Crippen molar-refractivity contribution in [2.75, 3.05) is 5.75 Å². The molecule has 0 spiro atoms. The second kappa shape index (κ2) is 8.37. The van der Waals surface area contributed by atoms with E-state index in [1.54, 1.807) is 48.5 Å². The molecular formula is C22H23NO5S2. The molecule has 0 saturated heterocycles. The van der Waals surface area contributed by atoms with Gasteiger partial charge in [0, 0.05) is 5.56 Å². The van der Waals surface area contributed by atoms with Crippen molar-refractivity contribution in [1.29, 1.82) is 0 Å². The normalized spacial score (nSPS) is 16.7. The second-order valence-electron chi connectivity index (χ2n) is 8.00. The van der Waals surface area contributed by atoms with E-state index >= 15 is 0 Å². The number of carboxylic acid groups (broad SMARTS) is 1. The summed E-state index contributed by atoms with van der Waals surface area (Å²) in [5.41, 5.74) is 1.82. The van der Waals surface area contributed by atoms with Crippen molar-refractivity contribution in [1.82, 2.24) is 4.72 Å². The van der Waals surface area contributed by atoms with Crippen molar-refractivity contribution >= 4 is 33.5 Å². The predicted octanol–water partition coefficient (Wildman–Crippen LogP) is 3.90. The number of hydrogen-bond donors (Lipinski definition) is 2. The summed E-state index contributed by atoms with van der Waals surface area (Å²) in [5.74, 6) is -1.64. The van der Waals surface area contributed by atoms with Gasteiger partial charge in [0.05, 0.1) is 21.6 Å². The number of Topliss-reactive ketones (excluding diaryl/α,β-unsaturated/α-hetero) is 1. The van der Waals surface area contributed by atoms with Crippen LogP contribution in [0.5, 0.6) is 0 Å². The molecule has 1 unspecified atom stereocenters. The van der Waals surface area contributed by atoms with E-state index in [-0.39, 0.29) is 26.8 Å². The highest BCUT2D eigenvalue weighted by Crippen LogP contribution is 2.34. The van der Waals surface area contributed by atoms with Crippen LogP contribution in [0.15, 0.2) is 64.4 Å². The van der Waals surface area contributed by atoms with Gasteiger partial charge in [-0.1, -0.05) is 57.2 Å². The minimum atomic E-state index is -3.87. The lowest BCUT2D eigenvalue weighted by atomic mass is 9.87. The summed E-state index contributed by atoms with van der Waals surface area (Å²) < 4.78 is 28.6. The van der Waals surface area contributed by atoms with Crippen LogP contribution in [-0.4, -0.2) is 31.0 Å². The van der Waals surface area contributed by atoms with Gasteiger partial charge in [0.1, 0.15) is 0 Å². The van der Waals surface area contributed by atoms with Gasteiger partial charge in [0.2, 0.25) is 10.0 Å². The Morgan fingerprint density at radius 3 is 2.33 bits per heavy atom. The van der Waals surface area contributed by atoms with Crippen LogP contribution in [0.25, 0.3) is 0 Å². The summed E-state index contributed by atoms with van der Waals surface area (Å²) >= 11 is 0.885. The zero-order valence-electron chi connectivity index (χ0n) is 16.9. The first-order valence-corrected chi connectivity index (χ1v) is 11.8. The van der Waals surface area contributed by atoms with Crippen molar-refractivity contribution in [3.63, 3.8) is 0 Å². The highest BCUT2D eigenvalue weighted by molar-refractivity contribution is 8.04. The first kappa shape index (κ1) is 22.3. The van der Waals surface area contributed by atoms with E-state index in [1.165, 1.54) is 6.08 Å².